The highest BCUT2D eigenvalue weighted by molar-refractivity contribution is 4.85. The maximum atomic E-state index is 3.85. The summed E-state index contributed by atoms with van der Waals surface area (Å²) in [5, 5.41) is 3.85. The Kier molecular flexibility index (Phi) is 4.71. The second-order valence-corrected chi connectivity index (χ2v) is 7.61. The largest absolute Gasteiger partial charge is 0.314 e. The first kappa shape index (κ1) is 14.3. The average Bonchev–Trinajstić information content (AvgIpc) is 2.74. The van der Waals surface area contributed by atoms with Crippen LogP contribution < -0.4 is 5.32 Å². The smallest absolute Gasteiger partial charge is 0.00722 e. The Labute approximate surface area is 114 Å². The molecular formula is C16H32N2. The molecule has 2 atom stereocenters. The van der Waals surface area contributed by atoms with Gasteiger partial charge in [-0.2, -0.15) is 0 Å². The zero-order chi connectivity index (χ0) is 13.2. The van der Waals surface area contributed by atoms with Gasteiger partial charge in [0.15, 0.2) is 0 Å². The minimum absolute atomic E-state index is 0.565. The van der Waals surface area contributed by atoms with Crippen LogP contribution in [0, 0.1) is 11.3 Å². The third-order valence-electron chi connectivity index (χ3n) is 4.95. The Morgan fingerprint density at radius 3 is 2.67 bits per heavy atom. The van der Waals surface area contributed by atoms with Crippen molar-refractivity contribution >= 4 is 0 Å². The summed E-state index contributed by atoms with van der Waals surface area (Å²) in [5.74, 6) is 0.887. The van der Waals surface area contributed by atoms with E-state index in [0.717, 1.165) is 18.0 Å². The molecule has 2 nitrogen and oxygen atoms in total. The zero-order valence-corrected chi connectivity index (χ0v) is 12.8. The van der Waals surface area contributed by atoms with Gasteiger partial charge in [-0.05, 0) is 64.0 Å². The molecule has 0 aromatic heterocycles. The normalized spacial score (nSPS) is 33.2. The second kappa shape index (κ2) is 5.92. The summed E-state index contributed by atoms with van der Waals surface area (Å²) in [6, 6.07) is 1.51. The van der Waals surface area contributed by atoms with Gasteiger partial charge in [0.2, 0.25) is 0 Å². The van der Waals surface area contributed by atoms with Gasteiger partial charge < -0.3 is 10.2 Å². The SMILES string of the molecule is CC(C)N1CCC(CNC2CCCC(C)(C)C2)C1. The fourth-order valence-corrected chi connectivity index (χ4v) is 3.70. The first-order valence-corrected chi connectivity index (χ1v) is 7.94. The molecule has 0 radical (unpaired) electrons. The van der Waals surface area contributed by atoms with Crippen molar-refractivity contribution < 1.29 is 0 Å². The lowest BCUT2D eigenvalue weighted by Crippen LogP contribution is -2.40. The number of likely N-dealkylation sites (tertiary alicyclic amines) is 1. The van der Waals surface area contributed by atoms with Crippen LogP contribution in [-0.2, 0) is 0 Å². The Bertz CT molecular complexity index is 260. The van der Waals surface area contributed by atoms with Crippen molar-refractivity contribution in [3.05, 3.63) is 0 Å². The van der Waals surface area contributed by atoms with Crippen molar-refractivity contribution in [1.82, 2.24) is 10.2 Å². The molecule has 1 N–H and O–H groups in total. The molecule has 0 amide bonds. The fraction of sp³-hybridized carbons (Fsp3) is 1.00. The minimum atomic E-state index is 0.565. The van der Waals surface area contributed by atoms with E-state index in [9.17, 15) is 0 Å². The van der Waals surface area contributed by atoms with Crippen LogP contribution in [0.4, 0.5) is 0 Å². The van der Waals surface area contributed by atoms with Crippen molar-refractivity contribution in [3.63, 3.8) is 0 Å². The van der Waals surface area contributed by atoms with Crippen molar-refractivity contribution in [2.45, 2.75) is 71.9 Å². The lowest BCUT2D eigenvalue weighted by atomic mass is 9.75. The van der Waals surface area contributed by atoms with Gasteiger partial charge >= 0.3 is 0 Å². The molecular weight excluding hydrogens is 220 g/mol. The lowest BCUT2D eigenvalue weighted by Gasteiger charge is -2.36. The summed E-state index contributed by atoms with van der Waals surface area (Å²) in [4.78, 5) is 2.62. The molecule has 0 aromatic rings. The molecule has 1 saturated heterocycles. The standard InChI is InChI=1S/C16H32N2/c1-13(2)18-9-7-14(12-18)11-17-15-6-5-8-16(3,4)10-15/h13-15,17H,5-12H2,1-4H3. The zero-order valence-electron chi connectivity index (χ0n) is 12.8. The Morgan fingerprint density at radius 2 is 2.06 bits per heavy atom. The highest BCUT2D eigenvalue weighted by Gasteiger charge is 2.29. The van der Waals surface area contributed by atoms with E-state index in [-0.39, 0.29) is 0 Å². The number of hydrogen-bond donors (Lipinski definition) is 1. The summed E-state index contributed by atoms with van der Waals surface area (Å²) in [5.41, 5.74) is 0.565. The van der Waals surface area contributed by atoms with E-state index in [2.05, 4.69) is 37.9 Å². The summed E-state index contributed by atoms with van der Waals surface area (Å²) < 4.78 is 0. The molecule has 1 aliphatic heterocycles. The van der Waals surface area contributed by atoms with Gasteiger partial charge in [0, 0.05) is 18.6 Å². The molecule has 2 rings (SSSR count). The van der Waals surface area contributed by atoms with E-state index in [1.54, 1.807) is 0 Å². The van der Waals surface area contributed by atoms with Gasteiger partial charge in [0.05, 0.1) is 0 Å². The van der Waals surface area contributed by atoms with Crippen molar-refractivity contribution in [1.29, 1.82) is 0 Å². The fourth-order valence-electron chi connectivity index (χ4n) is 3.70. The summed E-state index contributed by atoms with van der Waals surface area (Å²) in [6.07, 6.45) is 6.97. The number of rotatable bonds is 4. The van der Waals surface area contributed by atoms with E-state index in [4.69, 9.17) is 0 Å². The molecule has 0 bridgehead atoms. The summed E-state index contributed by atoms with van der Waals surface area (Å²) >= 11 is 0. The lowest BCUT2D eigenvalue weighted by molar-refractivity contribution is 0.193. The number of nitrogens with zero attached hydrogens (tertiary/aromatic N) is 1. The van der Waals surface area contributed by atoms with Crippen LogP contribution in [0.25, 0.3) is 0 Å². The first-order valence-electron chi connectivity index (χ1n) is 7.94. The number of nitrogens with one attached hydrogen (secondary N) is 1. The van der Waals surface area contributed by atoms with Gasteiger partial charge in [-0.3, -0.25) is 0 Å². The van der Waals surface area contributed by atoms with Gasteiger partial charge in [0.1, 0.15) is 0 Å². The quantitative estimate of drug-likeness (QED) is 0.826. The Morgan fingerprint density at radius 1 is 1.28 bits per heavy atom. The van der Waals surface area contributed by atoms with Crippen LogP contribution in [0.1, 0.15) is 59.8 Å². The van der Waals surface area contributed by atoms with Crippen LogP contribution in [0.5, 0.6) is 0 Å². The van der Waals surface area contributed by atoms with Crippen LogP contribution >= 0.6 is 0 Å². The molecule has 0 aromatic carbocycles. The molecule has 106 valence electrons. The van der Waals surface area contributed by atoms with Gasteiger partial charge in [-0.25, -0.2) is 0 Å². The summed E-state index contributed by atoms with van der Waals surface area (Å²) in [7, 11) is 0. The Balaban J connectivity index is 1.69. The first-order chi connectivity index (χ1) is 8.46. The molecule has 18 heavy (non-hydrogen) atoms. The highest BCUT2D eigenvalue weighted by Crippen LogP contribution is 2.35. The average molecular weight is 252 g/mol. The monoisotopic (exact) mass is 252 g/mol. The van der Waals surface area contributed by atoms with Crippen LogP contribution in [0.2, 0.25) is 0 Å². The molecule has 2 unspecified atom stereocenters. The number of hydrogen-bond acceptors (Lipinski definition) is 2. The van der Waals surface area contributed by atoms with E-state index in [0.29, 0.717) is 5.41 Å². The molecule has 0 spiro atoms. The maximum Gasteiger partial charge on any atom is 0.00722 e. The van der Waals surface area contributed by atoms with E-state index in [1.165, 1.54) is 51.7 Å². The van der Waals surface area contributed by atoms with E-state index >= 15 is 0 Å². The van der Waals surface area contributed by atoms with Crippen LogP contribution in [0.15, 0.2) is 0 Å². The second-order valence-electron chi connectivity index (χ2n) is 7.61. The topological polar surface area (TPSA) is 15.3 Å². The predicted molar refractivity (Wildman–Crippen MR) is 78.9 cm³/mol. The minimum Gasteiger partial charge on any atom is -0.314 e. The van der Waals surface area contributed by atoms with Crippen LogP contribution in [0.3, 0.4) is 0 Å². The van der Waals surface area contributed by atoms with Crippen molar-refractivity contribution in [2.75, 3.05) is 19.6 Å². The van der Waals surface area contributed by atoms with E-state index < -0.39 is 0 Å². The van der Waals surface area contributed by atoms with Gasteiger partial charge in [-0.15, -0.1) is 0 Å². The van der Waals surface area contributed by atoms with Gasteiger partial charge in [-0.1, -0.05) is 20.3 Å². The highest BCUT2D eigenvalue weighted by atomic mass is 15.2. The molecule has 1 saturated carbocycles. The van der Waals surface area contributed by atoms with E-state index in [1.807, 2.05) is 0 Å². The van der Waals surface area contributed by atoms with Crippen molar-refractivity contribution in [3.8, 4) is 0 Å². The molecule has 2 aliphatic rings. The molecule has 1 heterocycles. The molecule has 1 aliphatic carbocycles. The molecule has 2 fully saturated rings. The van der Waals surface area contributed by atoms with Crippen LogP contribution in [-0.4, -0.2) is 36.6 Å². The summed E-state index contributed by atoms with van der Waals surface area (Å²) in [6.45, 7) is 13.3. The maximum absolute atomic E-state index is 3.85. The third kappa shape index (κ3) is 3.96. The predicted octanol–water partition coefficient (Wildman–Crippen LogP) is 3.28. The third-order valence-corrected chi connectivity index (χ3v) is 4.95. The molecule has 2 heteroatoms. The van der Waals surface area contributed by atoms with Crippen molar-refractivity contribution in [2.24, 2.45) is 11.3 Å². The van der Waals surface area contributed by atoms with Gasteiger partial charge in [0.25, 0.3) is 0 Å². The Hall–Kier alpha value is -0.0800.